The molecular weight excluding hydrogens is 539 g/mol. The Morgan fingerprint density at radius 2 is 1.74 bits per heavy atom. The molecule has 0 bridgehead atoms. The molecule has 42 heavy (non-hydrogen) atoms. The van der Waals surface area contributed by atoms with E-state index in [1.54, 1.807) is 48.5 Å². The van der Waals surface area contributed by atoms with Crippen molar-refractivity contribution in [1.82, 2.24) is 10.7 Å². The molecule has 0 saturated carbocycles. The van der Waals surface area contributed by atoms with Crippen LogP contribution in [0, 0.1) is 11.7 Å². The highest BCUT2D eigenvalue weighted by Crippen LogP contribution is 2.33. The van der Waals surface area contributed by atoms with Gasteiger partial charge in [0.15, 0.2) is 18.1 Å². The van der Waals surface area contributed by atoms with Gasteiger partial charge in [-0.1, -0.05) is 38.1 Å². The molecular formula is C32H35FN4O5. The third kappa shape index (κ3) is 9.29. The number of benzene rings is 3. The zero-order chi connectivity index (χ0) is 30.5. The summed E-state index contributed by atoms with van der Waals surface area (Å²) in [7, 11) is 0. The Morgan fingerprint density at radius 1 is 1.02 bits per heavy atom. The standard InChI is InChI=1S/C32H35FN4O5/c1-5-10-24-17-22(19-34-37-32(40)29(21(3)4)36-31(39)23-11-8-7-9-12-23)18-27(41-6-2)30(24)42-20-28(38)35-26-15-13-25(33)14-16-26/h5,7-9,11-19,21,29H,1,6,10,20H2,2-4H3,(H,35,38)(H,36,39)(H,37,40). The van der Waals surface area contributed by atoms with Crippen LogP contribution in [0.25, 0.3) is 0 Å². The molecule has 220 valence electrons. The van der Waals surface area contributed by atoms with Gasteiger partial charge in [-0.05, 0) is 73.4 Å². The number of rotatable bonds is 14. The molecule has 0 aliphatic rings. The molecule has 3 amide bonds. The molecule has 0 spiro atoms. The van der Waals surface area contributed by atoms with Crippen LogP contribution in [-0.2, 0) is 16.0 Å². The maximum absolute atomic E-state index is 13.1. The lowest BCUT2D eigenvalue weighted by atomic mass is 10.0. The van der Waals surface area contributed by atoms with E-state index in [2.05, 4.69) is 27.7 Å². The van der Waals surface area contributed by atoms with E-state index < -0.39 is 23.7 Å². The molecule has 1 unspecified atom stereocenters. The van der Waals surface area contributed by atoms with Gasteiger partial charge >= 0.3 is 0 Å². The molecule has 3 N–H and O–H groups in total. The number of allylic oxidation sites excluding steroid dienone is 1. The van der Waals surface area contributed by atoms with Gasteiger partial charge in [-0.15, -0.1) is 6.58 Å². The summed E-state index contributed by atoms with van der Waals surface area (Å²) in [6.07, 6.45) is 3.54. The van der Waals surface area contributed by atoms with Gasteiger partial charge in [-0.25, -0.2) is 9.82 Å². The number of carbonyl (C=O) groups excluding carboxylic acids is 3. The maximum atomic E-state index is 13.1. The van der Waals surface area contributed by atoms with Gasteiger partial charge in [0.25, 0.3) is 17.7 Å². The van der Waals surface area contributed by atoms with Gasteiger partial charge in [-0.3, -0.25) is 14.4 Å². The maximum Gasteiger partial charge on any atom is 0.262 e. The van der Waals surface area contributed by atoms with Crippen LogP contribution in [0.2, 0.25) is 0 Å². The molecule has 0 heterocycles. The van der Waals surface area contributed by atoms with Gasteiger partial charge < -0.3 is 20.1 Å². The average Bonchev–Trinajstić information content (AvgIpc) is 2.97. The van der Waals surface area contributed by atoms with Crippen LogP contribution in [0.1, 0.15) is 42.3 Å². The average molecular weight is 575 g/mol. The van der Waals surface area contributed by atoms with Gasteiger partial charge in [0.1, 0.15) is 11.9 Å². The van der Waals surface area contributed by atoms with Crippen LogP contribution in [-0.4, -0.2) is 43.2 Å². The number of carbonyl (C=O) groups is 3. The number of hydrogen-bond donors (Lipinski definition) is 3. The summed E-state index contributed by atoms with van der Waals surface area (Å²) in [6, 6.07) is 16.7. The molecule has 0 aromatic heterocycles. The lowest BCUT2D eigenvalue weighted by molar-refractivity contribution is -0.124. The Bertz CT molecular complexity index is 1410. The molecule has 0 aliphatic carbocycles. The highest BCUT2D eigenvalue weighted by Gasteiger charge is 2.24. The smallest absolute Gasteiger partial charge is 0.262 e. The summed E-state index contributed by atoms with van der Waals surface area (Å²) in [5.74, 6) is -1.09. The van der Waals surface area contributed by atoms with Crippen molar-refractivity contribution in [3.05, 3.63) is 102 Å². The first-order chi connectivity index (χ1) is 20.2. The number of hydrogen-bond acceptors (Lipinski definition) is 6. The number of ether oxygens (including phenoxy) is 2. The topological polar surface area (TPSA) is 118 Å². The van der Waals surface area contributed by atoms with Crippen LogP contribution in [0.4, 0.5) is 10.1 Å². The van der Waals surface area contributed by atoms with E-state index in [1.165, 1.54) is 30.5 Å². The summed E-state index contributed by atoms with van der Waals surface area (Å²) in [5.41, 5.74) is 4.68. The summed E-state index contributed by atoms with van der Waals surface area (Å²) in [6.45, 7) is 9.29. The van der Waals surface area contributed by atoms with E-state index in [0.717, 1.165) is 0 Å². The summed E-state index contributed by atoms with van der Waals surface area (Å²) < 4.78 is 24.8. The molecule has 0 radical (unpaired) electrons. The fourth-order valence-corrected chi connectivity index (χ4v) is 3.95. The van der Waals surface area contributed by atoms with E-state index in [1.807, 2.05) is 20.8 Å². The zero-order valence-corrected chi connectivity index (χ0v) is 23.9. The van der Waals surface area contributed by atoms with Gasteiger partial charge in [0, 0.05) is 16.8 Å². The number of nitrogens with zero attached hydrogens (tertiary/aromatic N) is 1. The minimum absolute atomic E-state index is 0.187. The van der Waals surface area contributed by atoms with Crippen LogP contribution in [0.5, 0.6) is 11.5 Å². The van der Waals surface area contributed by atoms with Crippen LogP contribution in [0.15, 0.2) is 84.5 Å². The number of anilines is 1. The normalized spacial score (nSPS) is 11.5. The van der Waals surface area contributed by atoms with Crippen molar-refractivity contribution in [2.45, 2.75) is 33.2 Å². The number of nitrogens with one attached hydrogen (secondary N) is 3. The summed E-state index contributed by atoms with van der Waals surface area (Å²) in [5, 5.41) is 9.51. The molecule has 10 heteroatoms. The highest BCUT2D eigenvalue weighted by atomic mass is 19.1. The highest BCUT2D eigenvalue weighted by molar-refractivity contribution is 5.97. The molecule has 0 fully saturated rings. The minimum atomic E-state index is -0.804. The van der Waals surface area contributed by atoms with Crippen LogP contribution < -0.4 is 25.5 Å². The third-order valence-electron chi connectivity index (χ3n) is 5.95. The fourth-order valence-electron chi connectivity index (χ4n) is 3.95. The second-order valence-corrected chi connectivity index (χ2v) is 9.57. The Hall–Kier alpha value is -4.99. The van der Waals surface area contributed by atoms with Gasteiger partial charge in [-0.2, -0.15) is 5.10 Å². The predicted molar refractivity (Wildman–Crippen MR) is 160 cm³/mol. The van der Waals surface area contributed by atoms with Crippen molar-refractivity contribution >= 4 is 29.6 Å². The molecule has 3 aromatic carbocycles. The van der Waals surface area contributed by atoms with Crippen molar-refractivity contribution < 1.29 is 28.2 Å². The summed E-state index contributed by atoms with van der Waals surface area (Å²) in [4.78, 5) is 37.9. The second-order valence-electron chi connectivity index (χ2n) is 9.57. The Morgan fingerprint density at radius 3 is 2.38 bits per heavy atom. The SMILES string of the molecule is C=CCc1cc(C=NNC(=O)C(NC(=O)c2ccccc2)C(C)C)cc(OCC)c1OCC(=O)Nc1ccc(F)cc1. The van der Waals surface area contributed by atoms with E-state index in [0.29, 0.717) is 46.9 Å². The summed E-state index contributed by atoms with van der Waals surface area (Å²) >= 11 is 0. The number of hydrazone groups is 1. The first kappa shape index (κ1) is 31.5. The molecule has 3 rings (SSSR count). The van der Waals surface area contributed by atoms with Crippen molar-refractivity contribution in [1.29, 1.82) is 0 Å². The van der Waals surface area contributed by atoms with Crippen molar-refractivity contribution in [2.75, 3.05) is 18.5 Å². The van der Waals surface area contributed by atoms with Crippen LogP contribution in [0.3, 0.4) is 0 Å². The molecule has 1 atom stereocenters. The second kappa shape index (κ2) is 15.7. The van der Waals surface area contributed by atoms with Crippen molar-refractivity contribution in [3.8, 4) is 11.5 Å². The molecule has 3 aromatic rings. The number of amides is 3. The Kier molecular flexibility index (Phi) is 11.8. The molecule has 0 aliphatic heterocycles. The largest absolute Gasteiger partial charge is 0.490 e. The predicted octanol–water partition coefficient (Wildman–Crippen LogP) is 4.88. The monoisotopic (exact) mass is 574 g/mol. The van der Waals surface area contributed by atoms with E-state index in [-0.39, 0.29) is 18.4 Å². The lowest BCUT2D eigenvalue weighted by Gasteiger charge is -2.20. The zero-order valence-electron chi connectivity index (χ0n) is 23.9. The van der Waals surface area contributed by atoms with E-state index in [4.69, 9.17) is 9.47 Å². The Labute approximate surface area is 244 Å². The first-order valence-corrected chi connectivity index (χ1v) is 13.5. The van der Waals surface area contributed by atoms with Crippen molar-refractivity contribution in [2.24, 2.45) is 11.0 Å². The van der Waals surface area contributed by atoms with E-state index in [9.17, 15) is 18.8 Å². The quantitative estimate of drug-likeness (QED) is 0.144. The molecule has 0 saturated heterocycles. The Balaban J connectivity index is 1.71. The minimum Gasteiger partial charge on any atom is -0.490 e. The van der Waals surface area contributed by atoms with Gasteiger partial charge in [0.05, 0.1) is 12.8 Å². The van der Waals surface area contributed by atoms with Crippen molar-refractivity contribution in [3.63, 3.8) is 0 Å². The van der Waals surface area contributed by atoms with Crippen LogP contribution >= 0.6 is 0 Å². The first-order valence-electron chi connectivity index (χ1n) is 13.5. The van der Waals surface area contributed by atoms with Gasteiger partial charge in [0.2, 0.25) is 0 Å². The number of halogens is 1. The lowest BCUT2D eigenvalue weighted by Crippen LogP contribution is -2.48. The fraction of sp³-hybridized carbons (Fsp3) is 0.250. The molecule has 9 nitrogen and oxygen atoms in total. The van der Waals surface area contributed by atoms with E-state index >= 15 is 0 Å². The third-order valence-corrected chi connectivity index (χ3v) is 5.95.